The Morgan fingerprint density at radius 1 is 1.42 bits per heavy atom. The number of nitrogens with one attached hydrogen (secondary N) is 1. The summed E-state index contributed by atoms with van der Waals surface area (Å²) in [6.45, 7) is 0.724. The fourth-order valence-electron chi connectivity index (χ4n) is 2.83. The van der Waals surface area contributed by atoms with Crippen LogP contribution in [0.2, 0.25) is 0 Å². The summed E-state index contributed by atoms with van der Waals surface area (Å²) in [5.41, 5.74) is -0.305. The molecule has 1 aromatic carbocycles. The van der Waals surface area contributed by atoms with Crippen LogP contribution in [0.25, 0.3) is 0 Å². The van der Waals surface area contributed by atoms with Crippen molar-refractivity contribution in [3.05, 3.63) is 41.0 Å². The van der Waals surface area contributed by atoms with Gasteiger partial charge in [-0.15, -0.1) is 0 Å². The van der Waals surface area contributed by atoms with E-state index >= 15 is 0 Å². The van der Waals surface area contributed by atoms with E-state index in [2.05, 4.69) is 14.8 Å². The summed E-state index contributed by atoms with van der Waals surface area (Å²) in [5.74, 6) is -1.90. The second-order valence-corrected chi connectivity index (χ2v) is 7.39. The minimum absolute atomic E-state index is 0.165. The van der Waals surface area contributed by atoms with E-state index < -0.39 is 32.6 Å². The summed E-state index contributed by atoms with van der Waals surface area (Å²) in [6, 6.07) is 2.15. The van der Waals surface area contributed by atoms with Crippen molar-refractivity contribution < 1.29 is 21.9 Å². The molecule has 1 N–H and O–H groups in total. The molecule has 0 saturated carbocycles. The Hall–Kier alpha value is -2.42. The molecule has 1 aromatic heterocycles. The maximum atomic E-state index is 14.1. The Balaban J connectivity index is 1.94. The van der Waals surface area contributed by atoms with Gasteiger partial charge in [-0.3, -0.25) is 0 Å². The third-order valence-corrected chi connectivity index (χ3v) is 5.41. The monoisotopic (exact) mass is 383 g/mol. The number of hydrogen-bond donors (Lipinski definition) is 1. The highest BCUT2D eigenvalue weighted by Crippen LogP contribution is 2.27. The Labute approximate surface area is 148 Å². The number of nitriles is 1. The molecule has 11 heteroatoms. The molecular weight excluding hydrogens is 368 g/mol. The Morgan fingerprint density at radius 2 is 2.12 bits per heavy atom. The van der Waals surface area contributed by atoms with Crippen molar-refractivity contribution in [1.82, 2.24) is 19.5 Å². The van der Waals surface area contributed by atoms with Crippen molar-refractivity contribution in [1.29, 1.82) is 5.26 Å². The van der Waals surface area contributed by atoms with Gasteiger partial charge in [-0.05, 0) is 25.0 Å². The third kappa shape index (κ3) is 3.44. The molecule has 2 heterocycles. The van der Waals surface area contributed by atoms with E-state index in [-0.39, 0.29) is 12.2 Å². The van der Waals surface area contributed by atoms with Crippen LogP contribution in [0.15, 0.2) is 17.0 Å². The van der Waals surface area contributed by atoms with Crippen LogP contribution in [-0.4, -0.2) is 30.3 Å². The van der Waals surface area contributed by atoms with Crippen molar-refractivity contribution in [3.8, 4) is 6.07 Å². The first kappa shape index (κ1) is 18.4. The fraction of sp³-hybridized carbons (Fsp3) is 0.400. The molecule has 1 atom stereocenters. The molecule has 3 rings (SSSR count). The minimum atomic E-state index is -4.51. The number of sulfonamides is 1. The van der Waals surface area contributed by atoms with E-state index in [9.17, 15) is 17.2 Å². The fourth-order valence-corrected chi connectivity index (χ4v) is 4.18. The first-order valence-electron chi connectivity index (χ1n) is 7.69. The summed E-state index contributed by atoms with van der Waals surface area (Å²) in [5, 5.41) is 12.9. The first-order valence-corrected chi connectivity index (χ1v) is 9.18. The molecule has 1 aliphatic rings. The number of aryl methyl sites for hydroxylation is 1. The minimum Gasteiger partial charge on any atom is -0.377 e. The van der Waals surface area contributed by atoms with Crippen molar-refractivity contribution in [3.63, 3.8) is 0 Å². The average Bonchev–Trinajstić information content (AvgIpc) is 2.97. The molecule has 0 radical (unpaired) electrons. The van der Waals surface area contributed by atoms with Gasteiger partial charge in [0.05, 0.1) is 17.7 Å². The zero-order chi connectivity index (χ0) is 18.9. The molecule has 1 unspecified atom stereocenters. The molecule has 1 aliphatic heterocycles. The van der Waals surface area contributed by atoms with Gasteiger partial charge in [-0.25, -0.2) is 31.6 Å². The summed E-state index contributed by atoms with van der Waals surface area (Å²) in [4.78, 5) is 3.12. The number of methoxy groups -OCH3 is 1. The van der Waals surface area contributed by atoms with Gasteiger partial charge in [-0.2, -0.15) is 10.4 Å². The zero-order valence-electron chi connectivity index (χ0n) is 13.7. The third-order valence-electron chi connectivity index (χ3n) is 3.89. The van der Waals surface area contributed by atoms with E-state index in [1.165, 1.54) is 7.11 Å². The highest BCUT2D eigenvalue weighted by molar-refractivity contribution is 7.89. The zero-order valence-corrected chi connectivity index (χ0v) is 14.6. The lowest BCUT2D eigenvalue weighted by Gasteiger charge is -2.23. The highest BCUT2D eigenvalue weighted by atomic mass is 32.2. The van der Waals surface area contributed by atoms with Gasteiger partial charge in [0.1, 0.15) is 24.1 Å². The number of fused-ring (bicyclic) bond motifs is 1. The maximum Gasteiger partial charge on any atom is 0.247 e. The van der Waals surface area contributed by atoms with Crippen LogP contribution in [-0.2, 0) is 27.9 Å². The first-order chi connectivity index (χ1) is 12.4. The predicted octanol–water partition coefficient (Wildman–Crippen LogP) is 1.39. The Kier molecular flexibility index (Phi) is 4.99. The molecular formula is C15H15F2N5O3S. The van der Waals surface area contributed by atoms with Gasteiger partial charge in [0.2, 0.25) is 10.0 Å². The maximum absolute atomic E-state index is 14.1. The summed E-state index contributed by atoms with van der Waals surface area (Å²) in [7, 11) is -3.03. The number of hydrogen-bond acceptors (Lipinski definition) is 6. The van der Waals surface area contributed by atoms with Gasteiger partial charge < -0.3 is 4.74 Å². The van der Waals surface area contributed by atoms with Crippen LogP contribution in [0.1, 0.15) is 36.1 Å². The van der Waals surface area contributed by atoms with Crippen molar-refractivity contribution in [2.24, 2.45) is 0 Å². The average molecular weight is 383 g/mol. The Bertz CT molecular complexity index is 961. The largest absolute Gasteiger partial charge is 0.377 e. The van der Waals surface area contributed by atoms with Crippen LogP contribution >= 0.6 is 0 Å². The number of aromatic nitrogens is 3. The topological polar surface area (TPSA) is 110 Å². The van der Waals surface area contributed by atoms with Crippen molar-refractivity contribution in [2.45, 2.75) is 36.9 Å². The van der Waals surface area contributed by atoms with E-state index in [4.69, 9.17) is 10.00 Å². The van der Waals surface area contributed by atoms with E-state index in [0.717, 1.165) is 0 Å². The van der Waals surface area contributed by atoms with Crippen LogP contribution in [0.4, 0.5) is 8.78 Å². The standard InChI is InChI=1S/C15H15F2N5O3S/c1-25-8-13-19-15-12(3-2-4-22(15)20-13)21-26(23,24)14-10(16)5-9(7-18)6-11(14)17/h5-6,12,21H,2-4,8H2,1H3. The molecule has 0 saturated heterocycles. The lowest BCUT2D eigenvalue weighted by atomic mass is 10.1. The number of rotatable bonds is 5. The second kappa shape index (κ2) is 7.06. The molecule has 138 valence electrons. The number of halogens is 2. The van der Waals surface area contributed by atoms with Crippen molar-refractivity contribution in [2.75, 3.05) is 7.11 Å². The SMILES string of the molecule is COCc1nc2n(n1)CCCC2NS(=O)(=O)c1c(F)cc(C#N)cc1F. The summed E-state index contributed by atoms with van der Waals surface area (Å²) < 4.78 is 62.0. The number of benzene rings is 1. The van der Waals surface area contributed by atoms with Crippen LogP contribution in [0.5, 0.6) is 0 Å². The Morgan fingerprint density at radius 3 is 2.73 bits per heavy atom. The van der Waals surface area contributed by atoms with Gasteiger partial charge in [0.15, 0.2) is 10.7 Å². The van der Waals surface area contributed by atoms with Crippen LogP contribution in [0, 0.1) is 23.0 Å². The van der Waals surface area contributed by atoms with E-state index in [1.54, 1.807) is 10.8 Å². The molecule has 0 bridgehead atoms. The summed E-state index contributed by atoms with van der Waals surface area (Å²) >= 11 is 0. The predicted molar refractivity (Wildman–Crippen MR) is 84.1 cm³/mol. The quantitative estimate of drug-likeness (QED) is 0.835. The van der Waals surface area contributed by atoms with Gasteiger partial charge in [0.25, 0.3) is 0 Å². The van der Waals surface area contributed by atoms with Crippen LogP contribution < -0.4 is 4.72 Å². The second-order valence-electron chi connectivity index (χ2n) is 5.74. The molecule has 0 fully saturated rings. The van der Waals surface area contributed by atoms with Gasteiger partial charge in [0, 0.05) is 13.7 Å². The normalized spacial score (nSPS) is 16.9. The number of ether oxygens (including phenoxy) is 1. The smallest absolute Gasteiger partial charge is 0.247 e. The number of nitrogens with zero attached hydrogens (tertiary/aromatic N) is 4. The van der Waals surface area contributed by atoms with Gasteiger partial charge >= 0.3 is 0 Å². The molecule has 0 amide bonds. The van der Waals surface area contributed by atoms with Crippen molar-refractivity contribution >= 4 is 10.0 Å². The molecule has 0 aliphatic carbocycles. The molecule has 2 aromatic rings. The molecule has 8 nitrogen and oxygen atoms in total. The lowest BCUT2D eigenvalue weighted by molar-refractivity contribution is 0.177. The van der Waals surface area contributed by atoms with E-state index in [1.807, 2.05) is 0 Å². The van der Waals surface area contributed by atoms with Crippen LogP contribution in [0.3, 0.4) is 0 Å². The van der Waals surface area contributed by atoms with E-state index in [0.29, 0.717) is 43.2 Å². The van der Waals surface area contributed by atoms with Gasteiger partial charge in [-0.1, -0.05) is 0 Å². The summed E-state index contributed by atoms with van der Waals surface area (Å²) in [6.07, 6.45) is 1.03. The molecule has 0 spiro atoms. The molecule has 26 heavy (non-hydrogen) atoms. The highest BCUT2D eigenvalue weighted by Gasteiger charge is 2.32. The lowest BCUT2D eigenvalue weighted by Crippen LogP contribution is -2.34.